The van der Waals surface area contributed by atoms with Gasteiger partial charge in [-0.15, -0.1) is 28.6 Å². The Morgan fingerprint density at radius 3 is 2.47 bits per heavy atom. The Bertz CT molecular complexity index is 1080. The molecule has 6 nitrogen and oxygen atoms in total. The summed E-state index contributed by atoms with van der Waals surface area (Å²) in [7, 11) is 0. The molecule has 2 aliphatic heterocycles. The number of nitrogens with one attached hydrogen (secondary N) is 1. The van der Waals surface area contributed by atoms with Crippen LogP contribution in [0.15, 0.2) is 83.7 Å². The number of β-lactam (4-membered cyclic amide) rings is 1. The van der Waals surface area contributed by atoms with Gasteiger partial charge in [-0.05, 0) is 29.4 Å². The Hall–Kier alpha value is -2.62. The molecule has 32 heavy (non-hydrogen) atoms. The molecule has 9 heteroatoms. The third kappa shape index (κ3) is 4.46. The van der Waals surface area contributed by atoms with Crippen LogP contribution in [0.3, 0.4) is 0 Å². The van der Waals surface area contributed by atoms with E-state index in [9.17, 15) is 4.79 Å². The third-order valence-electron chi connectivity index (χ3n) is 5.27. The van der Waals surface area contributed by atoms with Gasteiger partial charge in [0.05, 0.1) is 23.7 Å². The van der Waals surface area contributed by atoms with Gasteiger partial charge in [0, 0.05) is 11.0 Å². The summed E-state index contributed by atoms with van der Waals surface area (Å²) >= 11 is 9.16. The van der Waals surface area contributed by atoms with E-state index >= 15 is 0 Å². The summed E-state index contributed by atoms with van der Waals surface area (Å²) in [4.78, 5) is 14.2. The number of benzene rings is 2. The van der Waals surface area contributed by atoms with Gasteiger partial charge in [0.15, 0.2) is 0 Å². The van der Waals surface area contributed by atoms with Crippen LogP contribution in [-0.4, -0.2) is 47.6 Å². The Kier molecular flexibility index (Phi) is 6.29. The number of thiocarbonyl (C=S) groups is 1. The lowest BCUT2D eigenvalue weighted by Crippen LogP contribution is -2.54. The van der Waals surface area contributed by atoms with Gasteiger partial charge >= 0.3 is 0 Å². The molecule has 0 saturated carbocycles. The van der Waals surface area contributed by atoms with E-state index in [1.807, 2.05) is 60.7 Å². The maximum atomic E-state index is 12.4. The van der Waals surface area contributed by atoms with Crippen LogP contribution in [0.1, 0.15) is 23.7 Å². The smallest absolute Gasteiger partial charge is 0.231 e. The summed E-state index contributed by atoms with van der Waals surface area (Å²) < 4.78 is 6.39. The van der Waals surface area contributed by atoms with Gasteiger partial charge in [-0.3, -0.25) is 9.69 Å². The van der Waals surface area contributed by atoms with Crippen molar-refractivity contribution in [3.05, 3.63) is 89.8 Å². The van der Waals surface area contributed by atoms with Gasteiger partial charge < -0.3 is 4.74 Å². The van der Waals surface area contributed by atoms with Crippen molar-refractivity contribution >= 4 is 46.7 Å². The largest absolute Gasteiger partial charge is 0.469 e. The van der Waals surface area contributed by atoms with E-state index in [2.05, 4.69) is 21.5 Å². The zero-order valence-electron chi connectivity index (χ0n) is 17.0. The van der Waals surface area contributed by atoms with Gasteiger partial charge in [-0.2, -0.15) is 10.3 Å². The van der Waals surface area contributed by atoms with Crippen LogP contribution in [0, 0.1) is 0 Å². The number of H-pyrrole nitrogens is 1. The molecule has 1 N–H and O–H groups in total. The van der Waals surface area contributed by atoms with Gasteiger partial charge in [0.25, 0.3) is 0 Å². The number of aromatic nitrogens is 3. The molecule has 3 aromatic rings. The Balaban J connectivity index is 1.39. The molecule has 0 radical (unpaired) electrons. The maximum absolute atomic E-state index is 12.4. The number of nitrogens with zero attached hydrogens (tertiary/aromatic N) is 3. The van der Waals surface area contributed by atoms with Crippen LogP contribution in [0.5, 0.6) is 0 Å². The molecule has 2 aromatic carbocycles. The first-order valence-electron chi connectivity index (χ1n) is 10.2. The second-order valence-electron chi connectivity index (χ2n) is 7.37. The van der Waals surface area contributed by atoms with Crippen molar-refractivity contribution in [1.82, 2.24) is 20.3 Å². The van der Waals surface area contributed by atoms with Gasteiger partial charge in [0.2, 0.25) is 11.0 Å². The summed E-state index contributed by atoms with van der Waals surface area (Å²) in [6.45, 7) is 0. The molecule has 1 unspecified atom stereocenters. The summed E-state index contributed by atoms with van der Waals surface area (Å²) in [6.07, 6.45) is 3.94. The lowest BCUT2D eigenvalue weighted by atomic mass is 10.0. The van der Waals surface area contributed by atoms with E-state index in [4.69, 9.17) is 17.0 Å². The Labute approximate surface area is 199 Å². The molecule has 2 atom stereocenters. The highest BCUT2D eigenvalue weighted by molar-refractivity contribution is 8.03. The average molecular weight is 481 g/mol. The lowest BCUT2D eigenvalue weighted by Gasteiger charge is -2.45. The zero-order chi connectivity index (χ0) is 21.9. The number of aromatic amines is 1. The minimum absolute atomic E-state index is 0.0817. The third-order valence-corrected chi connectivity index (χ3v) is 8.15. The monoisotopic (exact) mass is 480 g/mol. The predicted octanol–water partition coefficient (Wildman–Crippen LogP) is 4.59. The standard InChI is InChI=1S/C23H20N4O2S3/c28-20-12-21-27(20)18(11-17(32-21)14-31-19-13-24-26-25-19)23(30)29-22(15-7-3-1-4-8-15)16-9-5-2-6-10-16/h1-11,13,17,21-22H,12,14H2,(H,24,25,26)/t17?,21-/m1/s1. The summed E-state index contributed by atoms with van der Waals surface area (Å²) in [6, 6.07) is 20.0. The van der Waals surface area contributed by atoms with E-state index < -0.39 is 0 Å². The SMILES string of the molecule is O=C1C[C@H]2SC(CSc3cn[nH]n3)C=C(C(=S)OC(c3ccccc3)c3ccccc3)N12. The fourth-order valence-corrected chi connectivity index (χ4v) is 6.36. The number of hydrogen-bond donors (Lipinski definition) is 1. The highest BCUT2D eigenvalue weighted by atomic mass is 32.2. The molecule has 162 valence electrons. The molecular weight excluding hydrogens is 460 g/mol. The Morgan fingerprint density at radius 1 is 1.19 bits per heavy atom. The van der Waals surface area contributed by atoms with Crippen molar-refractivity contribution in [2.75, 3.05) is 5.75 Å². The first-order valence-corrected chi connectivity index (χ1v) is 12.5. The summed E-state index contributed by atoms with van der Waals surface area (Å²) in [5, 5.41) is 12.1. The van der Waals surface area contributed by atoms with E-state index in [-0.39, 0.29) is 22.6 Å². The molecule has 1 aromatic heterocycles. The molecular formula is C23H20N4O2S3. The summed E-state index contributed by atoms with van der Waals surface area (Å²) in [5.74, 6) is 0.890. The molecule has 5 rings (SSSR count). The minimum atomic E-state index is -0.349. The number of carbonyl (C=O) groups excluding carboxylic acids is 1. The molecule has 1 fully saturated rings. The topological polar surface area (TPSA) is 71.1 Å². The number of thioether (sulfide) groups is 2. The fraction of sp³-hybridized carbons (Fsp3) is 0.217. The average Bonchev–Trinajstić information content (AvgIpc) is 3.35. The molecule has 0 spiro atoms. The minimum Gasteiger partial charge on any atom is -0.469 e. The van der Waals surface area contributed by atoms with E-state index in [1.165, 1.54) is 0 Å². The van der Waals surface area contributed by atoms with Gasteiger partial charge in [0.1, 0.15) is 11.1 Å². The van der Waals surface area contributed by atoms with Crippen molar-refractivity contribution in [3.63, 3.8) is 0 Å². The fourth-order valence-electron chi connectivity index (χ4n) is 3.72. The number of carbonyl (C=O) groups is 1. The first kappa shape index (κ1) is 21.2. The quantitative estimate of drug-likeness (QED) is 0.301. The van der Waals surface area contributed by atoms with Crippen molar-refractivity contribution < 1.29 is 9.53 Å². The second kappa shape index (κ2) is 9.48. The number of hydrogen-bond acceptors (Lipinski definition) is 7. The molecule has 3 heterocycles. The van der Waals surface area contributed by atoms with Crippen molar-refractivity contribution in [2.45, 2.75) is 28.2 Å². The van der Waals surface area contributed by atoms with Gasteiger partial charge in [-0.1, -0.05) is 60.7 Å². The van der Waals surface area contributed by atoms with E-state index in [0.717, 1.165) is 21.9 Å². The van der Waals surface area contributed by atoms with Crippen LogP contribution < -0.4 is 0 Å². The van der Waals surface area contributed by atoms with E-state index in [0.29, 0.717) is 17.2 Å². The molecule has 0 aliphatic carbocycles. The lowest BCUT2D eigenvalue weighted by molar-refractivity contribution is -0.138. The first-order chi connectivity index (χ1) is 15.7. The molecule has 2 aliphatic rings. The summed E-state index contributed by atoms with van der Waals surface area (Å²) in [5.41, 5.74) is 2.72. The molecule has 1 amide bonds. The van der Waals surface area contributed by atoms with Crippen molar-refractivity contribution in [1.29, 1.82) is 0 Å². The van der Waals surface area contributed by atoms with Crippen LogP contribution in [-0.2, 0) is 9.53 Å². The number of amides is 1. The van der Waals surface area contributed by atoms with Crippen LogP contribution in [0.2, 0.25) is 0 Å². The van der Waals surface area contributed by atoms with Crippen LogP contribution in [0.4, 0.5) is 0 Å². The van der Waals surface area contributed by atoms with Crippen LogP contribution >= 0.6 is 35.7 Å². The van der Waals surface area contributed by atoms with Gasteiger partial charge in [-0.25, -0.2) is 0 Å². The second-order valence-corrected chi connectivity index (χ2v) is 10.2. The molecule has 1 saturated heterocycles. The maximum Gasteiger partial charge on any atom is 0.231 e. The number of rotatable bonds is 7. The predicted molar refractivity (Wildman–Crippen MR) is 130 cm³/mol. The Morgan fingerprint density at radius 2 is 1.88 bits per heavy atom. The van der Waals surface area contributed by atoms with Crippen molar-refractivity contribution in [3.8, 4) is 0 Å². The van der Waals surface area contributed by atoms with E-state index in [1.54, 1.807) is 34.6 Å². The highest BCUT2D eigenvalue weighted by Crippen LogP contribution is 2.43. The highest BCUT2D eigenvalue weighted by Gasteiger charge is 2.45. The van der Waals surface area contributed by atoms with Crippen LogP contribution in [0.25, 0.3) is 0 Å². The zero-order valence-corrected chi connectivity index (χ0v) is 19.4. The number of fused-ring (bicyclic) bond motifs is 1. The number of ether oxygens (including phenoxy) is 1. The van der Waals surface area contributed by atoms with Crippen molar-refractivity contribution in [2.24, 2.45) is 0 Å². The normalized spacial score (nSPS) is 19.8. The molecule has 0 bridgehead atoms.